The van der Waals surface area contributed by atoms with Crippen LogP contribution < -0.4 is 0 Å². The monoisotopic (exact) mass is 928 g/mol. The molecule has 0 aliphatic rings. The summed E-state index contributed by atoms with van der Waals surface area (Å²) in [5.41, 5.74) is 16.3. The van der Waals surface area contributed by atoms with E-state index in [4.69, 9.17) is 15.0 Å². The van der Waals surface area contributed by atoms with Gasteiger partial charge in [0.05, 0.1) is 45.1 Å². The number of rotatable bonds is 7. The highest BCUT2D eigenvalue weighted by atomic mass is 15.0. The van der Waals surface area contributed by atoms with Crippen molar-refractivity contribution in [3.05, 3.63) is 223 Å². The average molecular weight is 929 g/mol. The van der Waals surface area contributed by atoms with Crippen molar-refractivity contribution in [1.29, 1.82) is 5.26 Å². The first-order chi connectivity index (χ1) is 34.9. The Morgan fingerprint density at radius 3 is 1.24 bits per heavy atom. The molecule has 0 bridgehead atoms. The fourth-order valence-corrected chi connectivity index (χ4v) is 10.3. The third-order valence-electron chi connectivity index (χ3n) is 14.1. The molecule has 9 aromatic carbocycles. The number of hydrogen-bond donors (Lipinski definition) is 0. The second-order valence-electron chi connectivity index (χ2n) is 20.9. The summed E-state index contributed by atoms with van der Waals surface area (Å²) >= 11 is 0. The Balaban J connectivity index is 1.16. The van der Waals surface area contributed by atoms with Crippen molar-refractivity contribution in [2.45, 2.75) is 52.4 Å². The van der Waals surface area contributed by atoms with E-state index < -0.39 is 0 Å². The summed E-state index contributed by atoms with van der Waals surface area (Å²) in [6.07, 6.45) is 0. The molecular formula is C66H52N6. The maximum Gasteiger partial charge on any atom is 0.164 e. The van der Waals surface area contributed by atoms with Crippen LogP contribution in [-0.4, -0.2) is 24.1 Å². The minimum absolute atomic E-state index is 0.0209. The molecule has 6 nitrogen and oxygen atoms in total. The Morgan fingerprint density at radius 2 is 0.750 bits per heavy atom. The Morgan fingerprint density at radius 1 is 0.347 bits per heavy atom. The molecule has 0 aliphatic carbocycles. The predicted molar refractivity (Wildman–Crippen MR) is 298 cm³/mol. The lowest BCUT2D eigenvalue weighted by molar-refractivity contribution is 0.591. The smallest absolute Gasteiger partial charge is 0.164 e. The summed E-state index contributed by atoms with van der Waals surface area (Å²) in [5.74, 6) is 1.78. The summed E-state index contributed by atoms with van der Waals surface area (Å²) in [6, 6.07) is 75.3. The fraction of sp³-hybridized carbons (Fsp3) is 0.121. The molecule has 0 unspecified atom stereocenters. The third-order valence-corrected chi connectivity index (χ3v) is 14.1. The van der Waals surface area contributed by atoms with Gasteiger partial charge in [-0.25, -0.2) is 15.0 Å². The highest BCUT2D eigenvalue weighted by Crippen LogP contribution is 2.44. The van der Waals surface area contributed by atoms with Gasteiger partial charge >= 0.3 is 0 Å². The highest BCUT2D eigenvalue weighted by molar-refractivity contribution is 6.11. The largest absolute Gasteiger partial charge is 0.309 e. The minimum Gasteiger partial charge on any atom is -0.309 e. The first-order valence-electron chi connectivity index (χ1n) is 24.7. The molecule has 0 fully saturated rings. The van der Waals surface area contributed by atoms with Crippen LogP contribution in [0.25, 0.3) is 111 Å². The second kappa shape index (κ2) is 17.2. The predicted octanol–water partition coefficient (Wildman–Crippen LogP) is 16.9. The number of hydrogen-bond acceptors (Lipinski definition) is 4. The summed E-state index contributed by atoms with van der Waals surface area (Å²) < 4.78 is 4.81. The van der Waals surface area contributed by atoms with Crippen LogP contribution in [0.15, 0.2) is 206 Å². The Hall–Kier alpha value is -8.92. The lowest BCUT2D eigenvalue weighted by Crippen LogP contribution is -2.10. The molecule has 0 amide bonds. The van der Waals surface area contributed by atoms with E-state index in [1.54, 1.807) is 0 Å². The van der Waals surface area contributed by atoms with Crippen LogP contribution in [-0.2, 0) is 10.8 Å². The van der Waals surface area contributed by atoms with Gasteiger partial charge in [-0.3, -0.25) is 0 Å². The van der Waals surface area contributed by atoms with Crippen molar-refractivity contribution in [3.8, 4) is 73.9 Å². The molecule has 12 rings (SSSR count). The number of benzene rings is 9. The van der Waals surface area contributed by atoms with Crippen LogP contribution in [0, 0.1) is 11.3 Å². The summed E-state index contributed by atoms with van der Waals surface area (Å²) in [7, 11) is 0. The molecule has 0 atom stereocenters. The van der Waals surface area contributed by atoms with Crippen LogP contribution in [0.4, 0.5) is 0 Å². The van der Waals surface area contributed by atoms with E-state index >= 15 is 0 Å². The van der Waals surface area contributed by atoms with Gasteiger partial charge in [0.15, 0.2) is 17.5 Å². The molecule has 3 heterocycles. The highest BCUT2D eigenvalue weighted by Gasteiger charge is 2.24. The zero-order valence-corrected chi connectivity index (χ0v) is 41.3. The number of para-hydroxylation sites is 2. The molecule has 3 aromatic heterocycles. The molecular weight excluding hydrogens is 877 g/mol. The zero-order valence-electron chi connectivity index (χ0n) is 41.3. The lowest BCUT2D eigenvalue weighted by Gasteiger charge is -2.21. The normalized spacial score (nSPS) is 12.0. The number of aromatic nitrogens is 5. The van der Waals surface area contributed by atoms with Crippen LogP contribution in [0.2, 0.25) is 0 Å². The molecule has 0 radical (unpaired) electrons. The molecule has 0 saturated carbocycles. The van der Waals surface area contributed by atoms with Crippen LogP contribution >= 0.6 is 0 Å². The fourth-order valence-electron chi connectivity index (χ4n) is 10.3. The van der Waals surface area contributed by atoms with Gasteiger partial charge in [-0.15, -0.1) is 0 Å². The van der Waals surface area contributed by atoms with Gasteiger partial charge in [0.2, 0.25) is 0 Å². The summed E-state index contributed by atoms with van der Waals surface area (Å²) in [5, 5.41) is 15.1. The molecule has 0 spiro atoms. The maximum atomic E-state index is 10.3. The van der Waals surface area contributed by atoms with Gasteiger partial charge in [0.1, 0.15) is 0 Å². The molecule has 0 saturated heterocycles. The maximum absolute atomic E-state index is 10.3. The van der Waals surface area contributed by atoms with E-state index in [-0.39, 0.29) is 10.8 Å². The van der Waals surface area contributed by atoms with Crippen LogP contribution in [0.3, 0.4) is 0 Å². The first-order valence-corrected chi connectivity index (χ1v) is 24.7. The van der Waals surface area contributed by atoms with E-state index in [0.29, 0.717) is 23.0 Å². The molecule has 346 valence electrons. The molecule has 0 N–H and O–H groups in total. The van der Waals surface area contributed by atoms with Gasteiger partial charge in [-0.1, -0.05) is 169 Å². The van der Waals surface area contributed by atoms with Crippen molar-refractivity contribution in [2.24, 2.45) is 0 Å². The number of fused-ring (bicyclic) bond motifs is 6. The van der Waals surface area contributed by atoms with Crippen LogP contribution in [0.5, 0.6) is 0 Å². The van der Waals surface area contributed by atoms with E-state index in [2.05, 4.69) is 184 Å². The zero-order chi connectivity index (χ0) is 49.3. The quantitative estimate of drug-likeness (QED) is 0.160. The van der Waals surface area contributed by atoms with E-state index in [1.807, 2.05) is 78.9 Å². The standard InChI is InChI=1S/C66H52N6/c1-65(2,3)48-30-34-60-54(39-48)50-24-13-15-26-56(50)71(60)58-32-28-46(37-52(58)45-23-17-18-42(36-45)41-67)53-38-47(64-69-62(43-19-9-7-10-20-43)68-63(70-64)44-21-11-8-12-22-44)29-33-59(53)72-57-27-16-14-25-51(57)55-40-49(66(4,5)6)31-35-61(55)72/h7-40H,1-6H3. The van der Waals surface area contributed by atoms with Crippen molar-refractivity contribution in [1.82, 2.24) is 24.1 Å². The molecule has 12 aromatic rings. The van der Waals surface area contributed by atoms with Crippen molar-refractivity contribution in [2.75, 3.05) is 0 Å². The number of nitriles is 1. The van der Waals surface area contributed by atoms with Gasteiger partial charge in [0, 0.05) is 49.4 Å². The van der Waals surface area contributed by atoms with E-state index in [0.717, 1.165) is 72.4 Å². The topological polar surface area (TPSA) is 72.3 Å². The van der Waals surface area contributed by atoms with Crippen LogP contribution in [0.1, 0.15) is 58.2 Å². The van der Waals surface area contributed by atoms with Crippen molar-refractivity contribution >= 4 is 43.6 Å². The SMILES string of the molecule is CC(C)(C)c1ccc2c(c1)c1ccccc1n2-c1ccc(-c2nc(-c3ccccc3)nc(-c3ccccc3)n2)cc1-c1ccc(-n2c3ccccc3c3cc(C(C)(C)C)ccc32)c(-c2cccc(C#N)c2)c1. The molecule has 72 heavy (non-hydrogen) atoms. The minimum atomic E-state index is -0.0296. The van der Waals surface area contributed by atoms with Gasteiger partial charge in [-0.05, 0) is 112 Å². The Labute approximate surface area is 420 Å². The number of nitrogens with zero attached hydrogens (tertiary/aromatic N) is 6. The summed E-state index contributed by atoms with van der Waals surface area (Å²) in [4.78, 5) is 15.4. The lowest BCUT2D eigenvalue weighted by atomic mass is 9.86. The summed E-state index contributed by atoms with van der Waals surface area (Å²) in [6.45, 7) is 13.6. The molecule has 0 aliphatic heterocycles. The third kappa shape index (κ3) is 7.71. The Bertz CT molecular complexity index is 4060. The first kappa shape index (κ1) is 44.3. The second-order valence-corrected chi connectivity index (χ2v) is 20.9. The van der Waals surface area contributed by atoms with E-state index in [1.165, 1.54) is 32.7 Å². The van der Waals surface area contributed by atoms with Crippen molar-refractivity contribution < 1.29 is 0 Å². The average Bonchev–Trinajstić information content (AvgIpc) is 3.92. The van der Waals surface area contributed by atoms with Crippen molar-refractivity contribution in [3.63, 3.8) is 0 Å². The van der Waals surface area contributed by atoms with Gasteiger partial charge < -0.3 is 9.13 Å². The van der Waals surface area contributed by atoms with E-state index in [9.17, 15) is 5.26 Å². The molecule has 6 heteroatoms. The Kier molecular flexibility index (Phi) is 10.6. The van der Waals surface area contributed by atoms with Gasteiger partial charge in [-0.2, -0.15) is 5.26 Å². The van der Waals surface area contributed by atoms with Gasteiger partial charge in [0.25, 0.3) is 0 Å².